The third-order valence-electron chi connectivity index (χ3n) is 3.97. The molecule has 1 heterocycles. The van der Waals surface area contributed by atoms with Crippen LogP contribution in [-0.2, 0) is 10.0 Å². The molecule has 1 fully saturated rings. The molecule has 0 amide bonds. The fraction of sp³-hybridized carbons (Fsp3) is 0.600. The first-order chi connectivity index (χ1) is 10.9. The lowest BCUT2D eigenvalue weighted by atomic mass is 10.3. The molecule has 0 atom stereocenters. The van der Waals surface area contributed by atoms with E-state index in [0.29, 0.717) is 12.3 Å². The summed E-state index contributed by atoms with van der Waals surface area (Å²) in [6.07, 6.45) is 0.785. The number of piperazine rings is 1. The normalized spacial score (nSPS) is 17.3. The van der Waals surface area contributed by atoms with Crippen LogP contribution in [-0.4, -0.2) is 71.6 Å². The predicted molar refractivity (Wildman–Crippen MR) is 91.7 cm³/mol. The van der Waals surface area contributed by atoms with Crippen molar-refractivity contribution in [2.75, 3.05) is 53.4 Å². The maximum atomic E-state index is 12.2. The molecular formula is C15H24ClN3O3S. The van der Waals surface area contributed by atoms with Crippen molar-refractivity contribution < 1.29 is 13.2 Å². The fourth-order valence-corrected chi connectivity index (χ4v) is 3.90. The number of methoxy groups -OCH3 is 1. The van der Waals surface area contributed by atoms with Crippen LogP contribution in [0, 0.1) is 0 Å². The quantitative estimate of drug-likeness (QED) is 0.741. The van der Waals surface area contributed by atoms with Crippen LogP contribution in [0.4, 0.5) is 0 Å². The Hall–Kier alpha value is -0.860. The summed E-state index contributed by atoms with van der Waals surface area (Å²) < 4.78 is 32.1. The van der Waals surface area contributed by atoms with E-state index in [1.807, 2.05) is 0 Å². The fourth-order valence-electron chi connectivity index (χ4n) is 2.48. The molecule has 1 aromatic rings. The van der Waals surface area contributed by atoms with Crippen LogP contribution < -0.4 is 9.46 Å². The molecule has 1 aliphatic rings. The number of sulfonamides is 1. The molecule has 2 rings (SSSR count). The molecule has 130 valence electrons. The Morgan fingerprint density at radius 2 is 1.96 bits per heavy atom. The minimum Gasteiger partial charge on any atom is -0.495 e. The smallest absolute Gasteiger partial charge is 0.240 e. The summed E-state index contributed by atoms with van der Waals surface area (Å²) in [5, 5.41) is 0.285. The first-order valence-corrected chi connectivity index (χ1v) is 9.52. The van der Waals surface area contributed by atoms with E-state index >= 15 is 0 Å². The van der Waals surface area contributed by atoms with Crippen molar-refractivity contribution in [3.63, 3.8) is 0 Å². The second-order valence-electron chi connectivity index (χ2n) is 5.69. The Bertz CT molecular complexity index is 616. The number of hydrogen-bond acceptors (Lipinski definition) is 5. The minimum absolute atomic E-state index is 0.155. The molecule has 23 heavy (non-hydrogen) atoms. The average molecular weight is 362 g/mol. The van der Waals surface area contributed by atoms with Crippen LogP contribution in [0.1, 0.15) is 6.42 Å². The highest BCUT2D eigenvalue weighted by atomic mass is 35.5. The molecule has 8 heteroatoms. The zero-order chi connectivity index (χ0) is 16.9. The minimum atomic E-state index is -3.54. The number of benzene rings is 1. The largest absolute Gasteiger partial charge is 0.495 e. The van der Waals surface area contributed by atoms with E-state index in [-0.39, 0.29) is 9.92 Å². The van der Waals surface area contributed by atoms with Gasteiger partial charge in [0.05, 0.1) is 17.0 Å². The third kappa shape index (κ3) is 5.32. The summed E-state index contributed by atoms with van der Waals surface area (Å²) in [7, 11) is 0.0723. The van der Waals surface area contributed by atoms with Gasteiger partial charge in [0.2, 0.25) is 10.0 Å². The molecule has 0 aromatic heterocycles. The Morgan fingerprint density at radius 3 is 2.57 bits per heavy atom. The molecule has 1 N–H and O–H groups in total. The molecular weight excluding hydrogens is 338 g/mol. The Kier molecular flexibility index (Phi) is 6.67. The van der Waals surface area contributed by atoms with E-state index in [1.54, 1.807) is 6.07 Å². The van der Waals surface area contributed by atoms with Crippen molar-refractivity contribution in [1.29, 1.82) is 0 Å². The van der Waals surface area contributed by atoms with Crippen molar-refractivity contribution in [2.24, 2.45) is 0 Å². The van der Waals surface area contributed by atoms with Crippen LogP contribution in [0.5, 0.6) is 5.75 Å². The van der Waals surface area contributed by atoms with Gasteiger partial charge in [0.25, 0.3) is 0 Å². The summed E-state index contributed by atoms with van der Waals surface area (Å²) in [4.78, 5) is 4.81. The van der Waals surface area contributed by atoms with Gasteiger partial charge in [-0.2, -0.15) is 0 Å². The second-order valence-corrected chi connectivity index (χ2v) is 7.87. The van der Waals surface area contributed by atoms with Gasteiger partial charge in [-0.1, -0.05) is 11.6 Å². The highest BCUT2D eigenvalue weighted by molar-refractivity contribution is 7.89. The van der Waals surface area contributed by atoms with E-state index in [0.717, 1.165) is 39.1 Å². The topological polar surface area (TPSA) is 61.9 Å². The van der Waals surface area contributed by atoms with Gasteiger partial charge in [0, 0.05) is 32.7 Å². The van der Waals surface area contributed by atoms with Gasteiger partial charge in [0.15, 0.2) is 0 Å². The lowest BCUT2D eigenvalue weighted by Crippen LogP contribution is -2.45. The summed E-state index contributed by atoms with van der Waals surface area (Å²) in [5.74, 6) is 0.459. The Balaban J connectivity index is 1.81. The van der Waals surface area contributed by atoms with E-state index in [1.165, 1.54) is 19.2 Å². The number of nitrogens with one attached hydrogen (secondary N) is 1. The van der Waals surface area contributed by atoms with Crippen LogP contribution in [0.3, 0.4) is 0 Å². The molecule has 1 aromatic carbocycles. The zero-order valence-corrected chi connectivity index (χ0v) is 15.2. The number of nitrogens with zero attached hydrogens (tertiary/aromatic N) is 2. The maximum Gasteiger partial charge on any atom is 0.240 e. The van der Waals surface area contributed by atoms with Crippen LogP contribution >= 0.6 is 11.6 Å². The van der Waals surface area contributed by atoms with Gasteiger partial charge in [-0.05, 0) is 38.2 Å². The number of halogens is 1. The third-order valence-corrected chi connectivity index (χ3v) is 5.73. The van der Waals surface area contributed by atoms with Gasteiger partial charge in [0.1, 0.15) is 5.75 Å². The van der Waals surface area contributed by atoms with Gasteiger partial charge >= 0.3 is 0 Å². The number of likely N-dealkylation sites (N-methyl/N-ethyl adjacent to an activating group) is 1. The Labute approximate surface area is 143 Å². The van der Waals surface area contributed by atoms with E-state index in [9.17, 15) is 8.42 Å². The average Bonchev–Trinajstić information content (AvgIpc) is 2.53. The highest BCUT2D eigenvalue weighted by Crippen LogP contribution is 2.26. The lowest BCUT2D eigenvalue weighted by molar-refractivity contribution is 0.153. The first-order valence-electron chi connectivity index (χ1n) is 7.66. The molecule has 1 aliphatic heterocycles. The molecule has 0 bridgehead atoms. The molecule has 0 spiro atoms. The SMILES string of the molecule is COc1ccc(S(=O)(=O)NCCCN2CCN(C)CC2)cc1Cl. The van der Waals surface area contributed by atoms with Crippen LogP contribution in [0.2, 0.25) is 5.02 Å². The predicted octanol–water partition coefficient (Wildman–Crippen LogP) is 1.26. The van der Waals surface area contributed by atoms with Crippen LogP contribution in [0.15, 0.2) is 23.1 Å². The van der Waals surface area contributed by atoms with Gasteiger partial charge in [-0.3, -0.25) is 0 Å². The van der Waals surface area contributed by atoms with Crippen molar-refractivity contribution in [3.05, 3.63) is 23.2 Å². The number of ether oxygens (including phenoxy) is 1. The molecule has 1 saturated heterocycles. The second kappa shape index (κ2) is 8.30. The van der Waals surface area contributed by atoms with Gasteiger partial charge in [-0.25, -0.2) is 13.1 Å². The monoisotopic (exact) mass is 361 g/mol. The van der Waals surface area contributed by atoms with Crippen LogP contribution in [0.25, 0.3) is 0 Å². The summed E-state index contributed by atoms with van der Waals surface area (Å²) in [6.45, 7) is 5.53. The van der Waals surface area contributed by atoms with Gasteiger partial charge in [-0.15, -0.1) is 0 Å². The maximum absolute atomic E-state index is 12.2. The molecule has 0 saturated carbocycles. The molecule has 0 unspecified atom stereocenters. The van der Waals surface area contributed by atoms with E-state index < -0.39 is 10.0 Å². The molecule has 0 aliphatic carbocycles. The van der Waals surface area contributed by atoms with E-state index in [4.69, 9.17) is 16.3 Å². The summed E-state index contributed by atoms with van der Waals surface area (Å²) >= 11 is 5.98. The van der Waals surface area contributed by atoms with Crippen molar-refractivity contribution in [3.8, 4) is 5.75 Å². The highest BCUT2D eigenvalue weighted by Gasteiger charge is 2.16. The van der Waals surface area contributed by atoms with E-state index in [2.05, 4.69) is 21.6 Å². The zero-order valence-electron chi connectivity index (χ0n) is 13.6. The van der Waals surface area contributed by atoms with Crippen molar-refractivity contribution in [1.82, 2.24) is 14.5 Å². The summed E-state index contributed by atoms with van der Waals surface area (Å²) in [5.41, 5.74) is 0. The number of hydrogen-bond donors (Lipinski definition) is 1. The summed E-state index contributed by atoms with van der Waals surface area (Å²) in [6, 6.07) is 4.46. The number of rotatable bonds is 7. The van der Waals surface area contributed by atoms with Crippen molar-refractivity contribution >= 4 is 21.6 Å². The molecule has 0 radical (unpaired) electrons. The van der Waals surface area contributed by atoms with Gasteiger partial charge < -0.3 is 14.5 Å². The lowest BCUT2D eigenvalue weighted by Gasteiger charge is -2.32. The molecule has 6 nitrogen and oxygen atoms in total. The Morgan fingerprint density at radius 1 is 1.26 bits per heavy atom. The van der Waals surface area contributed by atoms with Crippen molar-refractivity contribution in [2.45, 2.75) is 11.3 Å². The standard InChI is InChI=1S/C15H24ClN3O3S/c1-18-8-10-19(11-9-18)7-3-6-17-23(20,21)13-4-5-15(22-2)14(16)12-13/h4-5,12,17H,3,6-11H2,1-2H3. The first kappa shape index (κ1) is 18.5.